The van der Waals surface area contributed by atoms with Gasteiger partial charge in [-0.05, 0) is 32.1 Å². The SMILES string of the molecule is CC(CCCC(C)C(=O)O)NC(=O)NCCC1CC1. The highest BCUT2D eigenvalue weighted by molar-refractivity contribution is 5.74. The summed E-state index contributed by atoms with van der Waals surface area (Å²) in [6, 6.07) is -0.0265. The highest BCUT2D eigenvalue weighted by atomic mass is 16.4. The molecule has 110 valence electrons. The predicted molar refractivity (Wildman–Crippen MR) is 74.0 cm³/mol. The fourth-order valence-electron chi connectivity index (χ4n) is 2.00. The predicted octanol–water partition coefficient (Wildman–Crippen LogP) is 2.37. The summed E-state index contributed by atoms with van der Waals surface area (Å²) in [4.78, 5) is 22.2. The Morgan fingerprint density at radius 3 is 2.53 bits per heavy atom. The summed E-state index contributed by atoms with van der Waals surface area (Å²) in [7, 11) is 0. The van der Waals surface area contributed by atoms with E-state index in [0.29, 0.717) is 6.42 Å². The van der Waals surface area contributed by atoms with E-state index in [9.17, 15) is 9.59 Å². The highest BCUT2D eigenvalue weighted by Crippen LogP contribution is 2.31. The molecule has 2 unspecified atom stereocenters. The Bertz CT molecular complexity index is 303. The second-order valence-electron chi connectivity index (χ2n) is 5.70. The molecule has 1 saturated carbocycles. The molecule has 3 N–H and O–H groups in total. The van der Waals surface area contributed by atoms with Crippen molar-refractivity contribution in [3.8, 4) is 0 Å². The van der Waals surface area contributed by atoms with Crippen LogP contribution in [0.25, 0.3) is 0 Å². The van der Waals surface area contributed by atoms with E-state index in [1.54, 1.807) is 6.92 Å². The second-order valence-corrected chi connectivity index (χ2v) is 5.70. The smallest absolute Gasteiger partial charge is 0.314 e. The number of amides is 2. The van der Waals surface area contributed by atoms with Gasteiger partial charge in [0.15, 0.2) is 0 Å². The van der Waals surface area contributed by atoms with Crippen molar-refractivity contribution in [1.82, 2.24) is 10.6 Å². The first kappa shape index (κ1) is 15.8. The van der Waals surface area contributed by atoms with E-state index in [2.05, 4.69) is 10.6 Å². The molecular formula is C14H26N2O3. The number of nitrogens with one attached hydrogen (secondary N) is 2. The first-order valence-electron chi connectivity index (χ1n) is 7.26. The number of hydrogen-bond donors (Lipinski definition) is 3. The van der Waals surface area contributed by atoms with Crippen LogP contribution in [0.1, 0.15) is 52.4 Å². The van der Waals surface area contributed by atoms with Crippen LogP contribution in [-0.2, 0) is 4.79 Å². The van der Waals surface area contributed by atoms with Crippen molar-refractivity contribution in [1.29, 1.82) is 0 Å². The van der Waals surface area contributed by atoms with Gasteiger partial charge in [-0.3, -0.25) is 4.79 Å². The van der Waals surface area contributed by atoms with Gasteiger partial charge >= 0.3 is 12.0 Å². The maximum Gasteiger partial charge on any atom is 0.314 e. The zero-order valence-corrected chi connectivity index (χ0v) is 11.9. The summed E-state index contributed by atoms with van der Waals surface area (Å²) in [6.45, 7) is 4.41. The van der Waals surface area contributed by atoms with E-state index in [1.165, 1.54) is 12.8 Å². The Morgan fingerprint density at radius 2 is 1.95 bits per heavy atom. The fourth-order valence-corrected chi connectivity index (χ4v) is 2.00. The molecule has 0 bridgehead atoms. The topological polar surface area (TPSA) is 78.4 Å². The van der Waals surface area contributed by atoms with Gasteiger partial charge in [-0.15, -0.1) is 0 Å². The number of aliphatic carboxylic acids is 1. The van der Waals surface area contributed by atoms with Gasteiger partial charge in [0.2, 0.25) is 0 Å². The lowest BCUT2D eigenvalue weighted by Crippen LogP contribution is -2.41. The average Bonchev–Trinajstić information content (AvgIpc) is 3.12. The first-order valence-corrected chi connectivity index (χ1v) is 7.26. The van der Waals surface area contributed by atoms with Crippen molar-refractivity contribution in [2.24, 2.45) is 11.8 Å². The summed E-state index contributed by atoms with van der Waals surface area (Å²) in [5.41, 5.74) is 0. The number of carboxylic acids is 1. The Balaban J connectivity index is 2.00. The van der Waals surface area contributed by atoms with Crippen LogP contribution in [0.3, 0.4) is 0 Å². The van der Waals surface area contributed by atoms with Crippen LogP contribution < -0.4 is 10.6 Å². The molecule has 0 saturated heterocycles. The Morgan fingerprint density at radius 1 is 1.26 bits per heavy atom. The van der Waals surface area contributed by atoms with Crippen LogP contribution in [0.15, 0.2) is 0 Å². The molecule has 19 heavy (non-hydrogen) atoms. The zero-order chi connectivity index (χ0) is 14.3. The molecule has 1 aliphatic rings. The minimum Gasteiger partial charge on any atom is -0.481 e. The molecule has 2 amide bonds. The average molecular weight is 270 g/mol. The van der Waals surface area contributed by atoms with Crippen LogP contribution in [-0.4, -0.2) is 29.7 Å². The molecule has 0 aromatic rings. The maximum absolute atomic E-state index is 11.5. The maximum atomic E-state index is 11.5. The molecule has 5 nitrogen and oxygen atoms in total. The normalized spacial score (nSPS) is 17.6. The zero-order valence-electron chi connectivity index (χ0n) is 11.9. The molecule has 1 aliphatic carbocycles. The van der Waals surface area contributed by atoms with Gasteiger partial charge in [0.05, 0.1) is 5.92 Å². The molecule has 0 spiro atoms. The summed E-state index contributed by atoms with van der Waals surface area (Å²) < 4.78 is 0. The van der Waals surface area contributed by atoms with Crippen molar-refractivity contribution in [2.45, 2.75) is 58.4 Å². The number of carbonyl (C=O) groups excluding carboxylic acids is 1. The molecule has 5 heteroatoms. The number of carbonyl (C=O) groups is 2. The van der Waals surface area contributed by atoms with Gasteiger partial charge in [0.1, 0.15) is 0 Å². The number of rotatable bonds is 9. The van der Waals surface area contributed by atoms with Gasteiger partial charge in [0, 0.05) is 12.6 Å². The summed E-state index contributed by atoms with van der Waals surface area (Å²) >= 11 is 0. The van der Waals surface area contributed by atoms with Crippen LogP contribution in [0, 0.1) is 11.8 Å². The minimum atomic E-state index is -0.751. The van der Waals surface area contributed by atoms with E-state index >= 15 is 0 Å². The molecule has 0 aromatic heterocycles. The molecule has 0 aromatic carbocycles. The van der Waals surface area contributed by atoms with E-state index in [1.807, 2.05) is 6.92 Å². The molecule has 0 aliphatic heterocycles. The third-order valence-corrected chi connectivity index (χ3v) is 3.61. The van der Waals surface area contributed by atoms with Crippen LogP contribution >= 0.6 is 0 Å². The number of carboxylic acid groups (broad SMARTS) is 1. The lowest BCUT2D eigenvalue weighted by Gasteiger charge is -2.15. The van der Waals surface area contributed by atoms with E-state index in [4.69, 9.17) is 5.11 Å². The van der Waals surface area contributed by atoms with Crippen molar-refractivity contribution in [3.63, 3.8) is 0 Å². The van der Waals surface area contributed by atoms with Gasteiger partial charge in [-0.1, -0.05) is 26.2 Å². The third kappa shape index (κ3) is 7.70. The second kappa shape index (κ2) is 8.02. The fraction of sp³-hybridized carbons (Fsp3) is 0.857. The Hall–Kier alpha value is -1.26. The number of hydrogen-bond acceptors (Lipinski definition) is 2. The minimum absolute atomic E-state index is 0.0851. The van der Waals surface area contributed by atoms with E-state index in [0.717, 1.165) is 31.7 Å². The van der Waals surface area contributed by atoms with Crippen LogP contribution in [0.5, 0.6) is 0 Å². The van der Waals surface area contributed by atoms with Crippen LogP contribution in [0.4, 0.5) is 4.79 Å². The Labute approximate surface area is 115 Å². The lowest BCUT2D eigenvalue weighted by molar-refractivity contribution is -0.141. The molecule has 0 heterocycles. The molecule has 2 atom stereocenters. The van der Waals surface area contributed by atoms with E-state index in [-0.39, 0.29) is 18.0 Å². The summed E-state index contributed by atoms with van der Waals surface area (Å²) in [6.07, 6.45) is 5.98. The van der Waals surface area contributed by atoms with Gasteiger partial charge in [0.25, 0.3) is 0 Å². The molecule has 0 radical (unpaired) electrons. The van der Waals surface area contributed by atoms with Gasteiger partial charge < -0.3 is 15.7 Å². The standard InChI is InChI=1S/C14H26N2O3/c1-10(13(17)18)4-3-5-11(2)16-14(19)15-9-8-12-6-7-12/h10-12H,3-9H2,1-2H3,(H,17,18)(H2,15,16,19). The lowest BCUT2D eigenvalue weighted by atomic mass is 10.0. The molecular weight excluding hydrogens is 244 g/mol. The van der Waals surface area contributed by atoms with E-state index < -0.39 is 5.97 Å². The van der Waals surface area contributed by atoms with Crippen molar-refractivity contribution < 1.29 is 14.7 Å². The third-order valence-electron chi connectivity index (χ3n) is 3.61. The van der Waals surface area contributed by atoms with Crippen molar-refractivity contribution in [3.05, 3.63) is 0 Å². The quantitative estimate of drug-likeness (QED) is 0.602. The molecule has 1 fully saturated rings. The van der Waals surface area contributed by atoms with Crippen molar-refractivity contribution in [2.75, 3.05) is 6.54 Å². The summed E-state index contributed by atoms with van der Waals surface area (Å²) in [5, 5.41) is 14.5. The molecule has 1 rings (SSSR count). The highest BCUT2D eigenvalue weighted by Gasteiger charge is 2.20. The monoisotopic (exact) mass is 270 g/mol. The van der Waals surface area contributed by atoms with Gasteiger partial charge in [-0.2, -0.15) is 0 Å². The van der Waals surface area contributed by atoms with Gasteiger partial charge in [-0.25, -0.2) is 4.79 Å². The van der Waals surface area contributed by atoms with Crippen molar-refractivity contribution >= 4 is 12.0 Å². The van der Waals surface area contributed by atoms with Crippen LogP contribution in [0.2, 0.25) is 0 Å². The first-order chi connectivity index (χ1) is 8.99. The largest absolute Gasteiger partial charge is 0.481 e. The number of urea groups is 1. The summed E-state index contributed by atoms with van der Waals surface area (Å²) in [5.74, 6) is -0.228. The Kier molecular flexibility index (Phi) is 6.67.